The summed E-state index contributed by atoms with van der Waals surface area (Å²) in [6.07, 6.45) is 0.176. The largest absolute Gasteiger partial charge is 0.466 e. The first-order valence-corrected chi connectivity index (χ1v) is 10.1. The van der Waals surface area contributed by atoms with Crippen molar-refractivity contribution in [1.29, 1.82) is 0 Å². The lowest BCUT2D eigenvalue weighted by molar-refractivity contribution is -0.169. The lowest BCUT2D eigenvalue weighted by Crippen LogP contribution is -2.37. The van der Waals surface area contributed by atoms with Crippen molar-refractivity contribution in [1.82, 2.24) is 0 Å². The van der Waals surface area contributed by atoms with Crippen molar-refractivity contribution in [2.75, 3.05) is 6.61 Å². The van der Waals surface area contributed by atoms with Gasteiger partial charge in [-0.1, -0.05) is 70.5 Å². The summed E-state index contributed by atoms with van der Waals surface area (Å²) < 4.78 is 13.0. The van der Waals surface area contributed by atoms with E-state index in [9.17, 15) is 4.79 Å². The Labute approximate surface area is 169 Å². The predicted molar refractivity (Wildman–Crippen MR) is 110 cm³/mol. The Balaban J connectivity index is 1.99. The van der Waals surface area contributed by atoms with Crippen LogP contribution in [0, 0.1) is 11.8 Å². The molecule has 142 valence electrons. The van der Waals surface area contributed by atoms with Gasteiger partial charge in [0.25, 0.3) is 0 Å². The van der Waals surface area contributed by atoms with Crippen LogP contribution in [0.5, 0.6) is 0 Å². The zero-order valence-electron chi connectivity index (χ0n) is 15.7. The molecule has 0 bridgehead atoms. The first kappa shape index (κ1) is 19.8. The van der Waals surface area contributed by atoms with Crippen molar-refractivity contribution >= 4 is 21.9 Å². The summed E-state index contributed by atoms with van der Waals surface area (Å²) in [4.78, 5) is 12.7. The molecular weight excluding hydrogens is 404 g/mol. The number of hydrogen-bond acceptors (Lipinski definition) is 3. The van der Waals surface area contributed by atoms with Gasteiger partial charge in [0.05, 0.1) is 24.7 Å². The minimum atomic E-state index is -0.347. The zero-order chi connectivity index (χ0) is 19.4. The molecule has 0 amide bonds. The normalized spacial score (nSPS) is 25.0. The summed E-state index contributed by atoms with van der Waals surface area (Å²) >= 11 is 3.49. The highest BCUT2D eigenvalue weighted by Gasteiger charge is 2.43. The molecule has 3 rings (SSSR count). The van der Waals surface area contributed by atoms with Crippen LogP contribution in [0.25, 0.3) is 0 Å². The van der Waals surface area contributed by atoms with Crippen LogP contribution in [0.1, 0.15) is 43.6 Å². The summed E-state index contributed by atoms with van der Waals surface area (Å²) in [5.41, 5.74) is 3.11. The molecule has 1 aliphatic heterocycles. The maximum absolute atomic E-state index is 12.7. The van der Waals surface area contributed by atoms with Gasteiger partial charge in [-0.15, -0.1) is 0 Å². The highest BCUT2D eigenvalue weighted by Crippen LogP contribution is 2.48. The van der Waals surface area contributed by atoms with Gasteiger partial charge >= 0.3 is 5.97 Å². The highest BCUT2D eigenvalue weighted by molar-refractivity contribution is 9.10. The third-order valence-electron chi connectivity index (χ3n) is 5.08. The second-order valence-electron chi connectivity index (χ2n) is 6.99. The lowest BCUT2D eigenvalue weighted by Gasteiger charge is -2.41. The van der Waals surface area contributed by atoms with Gasteiger partial charge in [-0.3, -0.25) is 4.79 Å². The molecule has 1 fully saturated rings. The SMILES string of the molecule is C=C(C)[C@@H]1C[C@@H](C(=O)OCC)[C@@H](c2ccccc2)O[C@H]1c1ccc(Br)cc1. The van der Waals surface area contributed by atoms with Gasteiger partial charge in [-0.2, -0.15) is 0 Å². The van der Waals surface area contributed by atoms with Crippen LogP contribution in [0.3, 0.4) is 0 Å². The summed E-state index contributed by atoms with van der Waals surface area (Å²) in [7, 11) is 0. The molecule has 2 aromatic carbocycles. The minimum absolute atomic E-state index is 0.0561. The Morgan fingerprint density at radius 2 is 1.67 bits per heavy atom. The van der Waals surface area contributed by atoms with E-state index in [0.29, 0.717) is 13.0 Å². The fourth-order valence-corrected chi connectivity index (χ4v) is 3.98. The molecule has 3 nitrogen and oxygen atoms in total. The first-order valence-electron chi connectivity index (χ1n) is 9.29. The Bertz CT molecular complexity index is 785. The summed E-state index contributed by atoms with van der Waals surface area (Å²) in [5, 5.41) is 0. The van der Waals surface area contributed by atoms with Crippen molar-refractivity contribution in [2.45, 2.75) is 32.5 Å². The average Bonchev–Trinajstić information content (AvgIpc) is 2.68. The number of carbonyl (C=O) groups is 1. The van der Waals surface area contributed by atoms with Gasteiger partial charge in [-0.25, -0.2) is 0 Å². The molecule has 4 heteroatoms. The van der Waals surface area contributed by atoms with Crippen molar-refractivity contribution in [2.24, 2.45) is 11.8 Å². The number of halogens is 1. The predicted octanol–water partition coefficient (Wildman–Crippen LogP) is 6.02. The van der Waals surface area contributed by atoms with Gasteiger partial charge in [0.15, 0.2) is 0 Å². The maximum Gasteiger partial charge on any atom is 0.311 e. The summed E-state index contributed by atoms with van der Waals surface area (Å²) in [6.45, 7) is 8.37. The third-order valence-corrected chi connectivity index (χ3v) is 5.61. The second-order valence-corrected chi connectivity index (χ2v) is 7.90. The average molecular weight is 429 g/mol. The monoisotopic (exact) mass is 428 g/mol. The first-order chi connectivity index (χ1) is 13.0. The Morgan fingerprint density at radius 1 is 1.07 bits per heavy atom. The van der Waals surface area contributed by atoms with Crippen molar-refractivity contribution in [3.8, 4) is 0 Å². The van der Waals surface area contributed by atoms with Crippen LogP contribution >= 0.6 is 15.9 Å². The Hall–Kier alpha value is -1.91. The van der Waals surface area contributed by atoms with E-state index in [0.717, 1.165) is 21.2 Å². The number of carbonyl (C=O) groups excluding carboxylic acids is 1. The molecule has 0 radical (unpaired) electrons. The molecule has 4 atom stereocenters. The van der Waals surface area contributed by atoms with E-state index in [-0.39, 0.29) is 30.0 Å². The molecule has 0 aliphatic carbocycles. The molecule has 27 heavy (non-hydrogen) atoms. The van der Waals surface area contributed by atoms with Gasteiger partial charge in [0.2, 0.25) is 0 Å². The summed E-state index contributed by atoms with van der Waals surface area (Å²) in [5.74, 6) is -0.492. The van der Waals surface area contributed by atoms with E-state index in [2.05, 4.69) is 34.6 Å². The van der Waals surface area contributed by atoms with Crippen LogP contribution in [0.2, 0.25) is 0 Å². The number of benzene rings is 2. The molecular formula is C23H25BrO3. The van der Waals surface area contributed by atoms with E-state index in [1.807, 2.05) is 56.3 Å². The van der Waals surface area contributed by atoms with Crippen molar-refractivity contribution < 1.29 is 14.3 Å². The minimum Gasteiger partial charge on any atom is -0.466 e. The Kier molecular flexibility index (Phi) is 6.51. The molecule has 0 N–H and O–H groups in total. The zero-order valence-corrected chi connectivity index (χ0v) is 17.3. The quantitative estimate of drug-likeness (QED) is 0.431. The van der Waals surface area contributed by atoms with Crippen molar-refractivity contribution in [3.63, 3.8) is 0 Å². The van der Waals surface area contributed by atoms with E-state index in [1.165, 1.54) is 0 Å². The lowest BCUT2D eigenvalue weighted by atomic mass is 9.76. The van der Waals surface area contributed by atoms with E-state index >= 15 is 0 Å². The standard InChI is InChI=1S/C23H25BrO3/c1-4-26-23(25)20-14-19(15(2)3)21(17-10-12-18(24)13-11-17)27-22(20)16-8-6-5-7-9-16/h5-13,19-22H,2,4,14H2,1,3H3/t19-,20+,21-,22+/m0/s1. The number of esters is 1. The van der Waals surface area contributed by atoms with E-state index in [1.54, 1.807) is 0 Å². The maximum atomic E-state index is 12.7. The van der Waals surface area contributed by atoms with Crippen LogP contribution in [0.15, 0.2) is 71.2 Å². The van der Waals surface area contributed by atoms with Gasteiger partial charge in [0, 0.05) is 10.4 Å². The van der Waals surface area contributed by atoms with Crippen LogP contribution in [0.4, 0.5) is 0 Å². The van der Waals surface area contributed by atoms with Crippen LogP contribution in [-0.4, -0.2) is 12.6 Å². The molecule has 2 aromatic rings. The highest BCUT2D eigenvalue weighted by atomic mass is 79.9. The second kappa shape index (κ2) is 8.85. The van der Waals surface area contributed by atoms with Gasteiger partial charge in [0.1, 0.15) is 0 Å². The molecule has 1 saturated heterocycles. The van der Waals surface area contributed by atoms with Gasteiger partial charge in [-0.05, 0) is 43.5 Å². The topological polar surface area (TPSA) is 35.5 Å². The molecule has 0 aromatic heterocycles. The van der Waals surface area contributed by atoms with Crippen LogP contribution in [-0.2, 0) is 14.3 Å². The molecule has 1 aliphatic rings. The van der Waals surface area contributed by atoms with Crippen molar-refractivity contribution in [3.05, 3.63) is 82.3 Å². The van der Waals surface area contributed by atoms with Crippen LogP contribution < -0.4 is 0 Å². The van der Waals surface area contributed by atoms with E-state index < -0.39 is 0 Å². The number of rotatable bonds is 5. The van der Waals surface area contributed by atoms with E-state index in [4.69, 9.17) is 9.47 Å². The number of ether oxygens (including phenoxy) is 2. The fraction of sp³-hybridized carbons (Fsp3) is 0.348. The fourth-order valence-electron chi connectivity index (χ4n) is 3.71. The molecule has 1 heterocycles. The smallest absolute Gasteiger partial charge is 0.311 e. The molecule has 0 unspecified atom stereocenters. The summed E-state index contributed by atoms with van der Waals surface area (Å²) in [6, 6.07) is 18.1. The molecule has 0 saturated carbocycles. The number of hydrogen-bond donors (Lipinski definition) is 0. The third kappa shape index (κ3) is 4.50. The molecule has 0 spiro atoms. The Morgan fingerprint density at radius 3 is 2.26 bits per heavy atom. The van der Waals surface area contributed by atoms with Gasteiger partial charge < -0.3 is 9.47 Å².